The van der Waals surface area contributed by atoms with Gasteiger partial charge in [-0.05, 0) is 25.0 Å². The van der Waals surface area contributed by atoms with Gasteiger partial charge in [-0.1, -0.05) is 31.5 Å². The van der Waals surface area contributed by atoms with Gasteiger partial charge in [0.1, 0.15) is 16.2 Å². The number of fused-ring (bicyclic) bond motifs is 1. The van der Waals surface area contributed by atoms with Crippen molar-refractivity contribution in [1.29, 1.82) is 0 Å². The first-order valence-corrected chi connectivity index (χ1v) is 10.7. The average Bonchev–Trinajstić information content (AvgIpc) is 2.98. The monoisotopic (exact) mass is 404 g/mol. The van der Waals surface area contributed by atoms with Crippen LogP contribution in [0.2, 0.25) is 0 Å². The van der Waals surface area contributed by atoms with Crippen LogP contribution in [0.1, 0.15) is 26.2 Å². The third kappa shape index (κ3) is 3.81. The van der Waals surface area contributed by atoms with E-state index in [0.29, 0.717) is 26.2 Å². The largest absolute Gasteiger partial charge is 0.384 e. The molecule has 0 spiro atoms. The molecule has 150 valence electrons. The second-order valence-corrected chi connectivity index (χ2v) is 8.35. The SMILES string of the molecule is CCCCOCCCn1c(N)c(S(=O)(=O)c2ccccc2)c2cn[nH]c(=O)c21. The van der Waals surface area contributed by atoms with Crippen molar-refractivity contribution < 1.29 is 13.2 Å². The predicted molar refractivity (Wildman–Crippen MR) is 107 cm³/mol. The molecular weight excluding hydrogens is 380 g/mol. The Kier molecular flexibility index (Phi) is 6.15. The van der Waals surface area contributed by atoms with Crippen LogP contribution in [0.25, 0.3) is 10.9 Å². The molecule has 0 aliphatic rings. The number of unbranched alkanes of at least 4 members (excludes halogenated alkanes) is 1. The van der Waals surface area contributed by atoms with Crippen LogP contribution >= 0.6 is 0 Å². The Balaban J connectivity index is 2.02. The summed E-state index contributed by atoms with van der Waals surface area (Å²) in [5.74, 6) is 0.0333. The molecule has 3 rings (SSSR count). The van der Waals surface area contributed by atoms with E-state index in [-0.39, 0.29) is 26.5 Å². The summed E-state index contributed by atoms with van der Waals surface area (Å²) in [7, 11) is -3.90. The van der Waals surface area contributed by atoms with Gasteiger partial charge in [-0.2, -0.15) is 5.10 Å². The molecule has 0 radical (unpaired) electrons. The minimum atomic E-state index is -3.90. The van der Waals surface area contributed by atoms with E-state index in [0.717, 1.165) is 12.8 Å². The topological polar surface area (TPSA) is 120 Å². The Morgan fingerprint density at radius 1 is 1.18 bits per heavy atom. The van der Waals surface area contributed by atoms with Crippen molar-refractivity contribution in [2.75, 3.05) is 18.9 Å². The van der Waals surface area contributed by atoms with Crippen LogP contribution in [-0.4, -0.2) is 36.4 Å². The molecule has 0 fully saturated rings. The molecule has 3 N–H and O–H groups in total. The molecule has 0 aliphatic carbocycles. The summed E-state index contributed by atoms with van der Waals surface area (Å²) < 4.78 is 33.5. The molecule has 2 heterocycles. The van der Waals surface area contributed by atoms with Crippen LogP contribution in [0.5, 0.6) is 0 Å². The van der Waals surface area contributed by atoms with Crippen molar-refractivity contribution in [3.63, 3.8) is 0 Å². The van der Waals surface area contributed by atoms with Gasteiger partial charge in [-0.25, -0.2) is 13.5 Å². The zero-order valence-electron chi connectivity index (χ0n) is 15.7. The Morgan fingerprint density at radius 3 is 2.61 bits per heavy atom. The Hall–Kier alpha value is -2.65. The van der Waals surface area contributed by atoms with E-state index in [4.69, 9.17) is 10.5 Å². The van der Waals surface area contributed by atoms with Gasteiger partial charge in [0.05, 0.1) is 11.1 Å². The van der Waals surface area contributed by atoms with Gasteiger partial charge < -0.3 is 15.0 Å². The second kappa shape index (κ2) is 8.57. The van der Waals surface area contributed by atoms with E-state index >= 15 is 0 Å². The number of aryl methyl sites for hydroxylation is 1. The first-order valence-electron chi connectivity index (χ1n) is 9.21. The number of nitrogens with two attached hydrogens (primary N) is 1. The number of nitrogens with zero attached hydrogens (tertiary/aromatic N) is 2. The van der Waals surface area contributed by atoms with Crippen LogP contribution in [-0.2, 0) is 21.1 Å². The average molecular weight is 404 g/mol. The molecule has 28 heavy (non-hydrogen) atoms. The maximum absolute atomic E-state index is 13.2. The lowest BCUT2D eigenvalue weighted by molar-refractivity contribution is 0.126. The predicted octanol–water partition coefficient (Wildman–Crippen LogP) is 2.35. The van der Waals surface area contributed by atoms with Crippen LogP contribution in [0.15, 0.2) is 51.1 Å². The van der Waals surface area contributed by atoms with Crippen molar-refractivity contribution in [2.24, 2.45) is 0 Å². The van der Waals surface area contributed by atoms with Crippen molar-refractivity contribution in [2.45, 2.75) is 42.5 Å². The highest BCUT2D eigenvalue weighted by Gasteiger charge is 2.29. The van der Waals surface area contributed by atoms with E-state index in [1.165, 1.54) is 22.9 Å². The van der Waals surface area contributed by atoms with Gasteiger partial charge in [0.2, 0.25) is 9.84 Å². The first-order chi connectivity index (χ1) is 13.5. The summed E-state index contributed by atoms with van der Waals surface area (Å²) >= 11 is 0. The number of aromatic nitrogens is 3. The molecular formula is C19H24N4O4S. The molecule has 0 saturated heterocycles. The molecule has 0 bridgehead atoms. The zero-order chi connectivity index (χ0) is 20.1. The standard InChI is InChI=1S/C19H24N4O4S/c1-2-3-11-27-12-7-10-23-16-15(13-21-22-19(16)24)17(18(23)20)28(25,26)14-8-5-4-6-9-14/h4-6,8-9,13H,2-3,7,10-12,20H2,1H3,(H,22,24). The normalized spacial score (nSPS) is 11.9. The van der Waals surface area contributed by atoms with E-state index in [1.54, 1.807) is 18.2 Å². The highest BCUT2D eigenvalue weighted by molar-refractivity contribution is 7.92. The molecule has 0 saturated carbocycles. The highest BCUT2D eigenvalue weighted by Crippen LogP contribution is 2.34. The number of H-pyrrole nitrogens is 1. The van der Waals surface area contributed by atoms with Crippen LogP contribution in [0, 0.1) is 0 Å². The van der Waals surface area contributed by atoms with E-state index < -0.39 is 15.4 Å². The number of ether oxygens (including phenoxy) is 1. The van der Waals surface area contributed by atoms with Gasteiger partial charge in [0.25, 0.3) is 5.56 Å². The molecule has 3 aromatic rings. The molecule has 1 aromatic carbocycles. The molecule has 9 heteroatoms. The summed E-state index contributed by atoms with van der Waals surface area (Å²) in [5.41, 5.74) is 5.96. The number of aromatic amines is 1. The van der Waals surface area contributed by atoms with Crippen LogP contribution in [0.4, 0.5) is 5.82 Å². The molecule has 0 aliphatic heterocycles. The lowest BCUT2D eigenvalue weighted by Crippen LogP contribution is -2.14. The number of hydrogen-bond donors (Lipinski definition) is 2. The quantitative estimate of drug-likeness (QED) is 0.528. The fraction of sp³-hybridized carbons (Fsp3) is 0.368. The smallest absolute Gasteiger partial charge is 0.288 e. The number of nitrogen functional groups attached to an aromatic ring is 1. The van der Waals surface area contributed by atoms with E-state index in [2.05, 4.69) is 17.1 Å². The van der Waals surface area contributed by atoms with E-state index in [9.17, 15) is 13.2 Å². The summed E-state index contributed by atoms with van der Waals surface area (Å²) in [6.07, 6.45) is 3.97. The Labute approximate surface area is 163 Å². The van der Waals surface area contributed by atoms with Gasteiger partial charge >= 0.3 is 0 Å². The fourth-order valence-electron chi connectivity index (χ4n) is 3.11. The summed E-state index contributed by atoms with van der Waals surface area (Å²) in [4.78, 5) is 12.4. The van der Waals surface area contributed by atoms with Crippen molar-refractivity contribution >= 4 is 26.6 Å². The fourth-order valence-corrected chi connectivity index (χ4v) is 4.69. The van der Waals surface area contributed by atoms with Gasteiger partial charge in [0, 0.05) is 25.1 Å². The maximum Gasteiger partial charge on any atom is 0.288 e. The van der Waals surface area contributed by atoms with Crippen LogP contribution < -0.4 is 11.3 Å². The number of benzene rings is 1. The van der Waals surface area contributed by atoms with Gasteiger partial charge in [0.15, 0.2) is 0 Å². The van der Waals surface area contributed by atoms with Crippen molar-refractivity contribution in [3.8, 4) is 0 Å². The minimum absolute atomic E-state index is 0.0333. The third-order valence-corrected chi connectivity index (χ3v) is 6.36. The van der Waals surface area contributed by atoms with E-state index in [1.807, 2.05) is 0 Å². The Morgan fingerprint density at radius 2 is 1.89 bits per heavy atom. The number of nitrogens with one attached hydrogen (secondary N) is 1. The lowest BCUT2D eigenvalue weighted by atomic mass is 10.3. The van der Waals surface area contributed by atoms with Crippen molar-refractivity contribution in [1.82, 2.24) is 14.8 Å². The zero-order valence-corrected chi connectivity index (χ0v) is 16.5. The molecule has 0 atom stereocenters. The second-order valence-electron chi connectivity index (χ2n) is 6.46. The van der Waals surface area contributed by atoms with Crippen molar-refractivity contribution in [3.05, 3.63) is 46.9 Å². The first kappa shape index (κ1) is 20.1. The summed E-state index contributed by atoms with van der Waals surface area (Å²) in [6, 6.07) is 8.01. The third-order valence-electron chi connectivity index (χ3n) is 4.50. The number of rotatable bonds is 9. The summed E-state index contributed by atoms with van der Waals surface area (Å²) in [6.45, 7) is 3.64. The van der Waals surface area contributed by atoms with Gasteiger partial charge in [-0.15, -0.1) is 0 Å². The molecule has 0 unspecified atom stereocenters. The molecule has 8 nitrogen and oxygen atoms in total. The number of sulfone groups is 1. The lowest BCUT2D eigenvalue weighted by Gasteiger charge is -2.09. The molecule has 2 aromatic heterocycles. The number of anilines is 1. The van der Waals surface area contributed by atoms with Crippen LogP contribution in [0.3, 0.4) is 0 Å². The molecule has 0 amide bonds. The maximum atomic E-state index is 13.2. The summed E-state index contributed by atoms with van der Waals surface area (Å²) in [5, 5.41) is 6.35. The Bertz CT molecular complexity index is 1100. The van der Waals surface area contributed by atoms with Gasteiger partial charge in [-0.3, -0.25) is 4.79 Å². The highest BCUT2D eigenvalue weighted by atomic mass is 32.2. The minimum Gasteiger partial charge on any atom is -0.384 e. The number of hydrogen-bond acceptors (Lipinski definition) is 6.